The molecule has 7 heteroatoms. The van der Waals surface area contributed by atoms with Gasteiger partial charge in [0.25, 0.3) is 0 Å². The van der Waals surface area contributed by atoms with Crippen molar-refractivity contribution < 1.29 is 0 Å². The molecule has 0 radical (unpaired) electrons. The van der Waals surface area contributed by atoms with E-state index in [2.05, 4.69) is 37.3 Å². The molecule has 0 amide bonds. The first-order valence-electron chi connectivity index (χ1n) is 14.6. The highest BCUT2D eigenvalue weighted by molar-refractivity contribution is 5.78. The molecule has 0 unspecified atom stereocenters. The van der Waals surface area contributed by atoms with Crippen molar-refractivity contribution in [1.29, 1.82) is 0 Å². The third-order valence-corrected chi connectivity index (χ3v) is 9.80. The molecule has 35 heavy (non-hydrogen) atoms. The normalized spacial score (nSPS) is 29.9. The topological polar surface area (TPSA) is 61.3 Å². The first-order valence-corrected chi connectivity index (χ1v) is 14.6. The van der Waals surface area contributed by atoms with Crippen molar-refractivity contribution in [2.24, 2.45) is 5.92 Å². The van der Waals surface area contributed by atoms with Gasteiger partial charge in [-0.2, -0.15) is 4.98 Å². The van der Waals surface area contributed by atoms with Crippen LogP contribution in [0.3, 0.4) is 0 Å². The molecule has 2 aromatic rings. The maximum atomic E-state index is 5.14. The van der Waals surface area contributed by atoms with Crippen molar-refractivity contribution in [3.05, 3.63) is 18.0 Å². The molecule has 4 fully saturated rings. The molecule has 4 heterocycles. The summed E-state index contributed by atoms with van der Waals surface area (Å²) in [4.78, 5) is 15.4. The lowest BCUT2D eigenvalue weighted by Gasteiger charge is -2.43. The fourth-order valence-electron chi connectivity index (χ4n) is 7.63. The van der Waals surface area contributed by atoms with Gasteiger partial charge in [0.05, 0.1) is 5.54 Å². The third-order valence-electron chi connectivity index (χ3n) is 9.80. The van der Waals surface area contributed by atoms with E-state index in [1.54, 1.807) is 0 Å². The van der Waals surface area contributed by atoms with Gasteiger partial charge in [-0.1, -0.05) is 19.3 Å². The number of anilines is 1. The van der Waals surface area contributed by atoms with Gasteiger partial charge in [-0.3, -0.25) is 4.90 Å². The number of nitrogens with one attached hydrogen (secondary N) is 2. The molecule has 3 aliphatic carbocycles. The van der Waals surface area contributed by atoms with E-state index in [0.29, 0.717) is 6.04 Å². The Hall–Kier alpha value is -1.70. The second-order valence-electron chi connectivity index (χ2n) is 12.3. The lowest BCUT2D eigenvalue weighted by molar-refractivity contribution is 0.0752. The van der Waals surface area contributed by atoms with E-state index in [4.69, 9.17) is 9.97 Å². The Balaban J connectivity index is 0.994. The summed E-state index contributed by atoms with van der Waals surface area (Å²) >= 11 is 0. The van der Waals surface area contributed by atoms with E-state index < -0.39 is 0 Å². The molecule has 0 bridgehead atoms. The van der Waals surface area contributed by atoms with Crippen molar-refractivity contribution >= 4 is 17.0 Å². The molecule has 2 aliphatic heterocycles. The summed E-state index contributed by atoms with van der Waals surface area (Å²) in [7, 11) is 0. The molecule has 2 N–H and O–H groups in total. The standard InChI is InChI=1S/C28H43N7/c1-2-10-28(11-3-1)20-29-18-25-16-22-17-30-27(32-26(22)35(25)28)31-23-6-8-24(9-7-23)34-14-12-33(13-15-34)19-21-4-5-21/h16-17,21,23-24,29H,1-15,18-20H2,(H,30,31,32)/t23-,24+. The molecular weight excluding hydrogens is 434 g/mol. The van der Waals surface area contributed by atoms with Crippen molar-refractivity contribution in [3.63, 3.8) is 0 Å². The molecule has 5 aliphatic rings. The number of nitrogens with zero attached hydrogens (tertiary/aromatic N) is 5. The first kappa shape index (κ1) is 22.5. The van der Waals surface area contributed by atoms with Crippen LogP contribution >= 0.6 is 0 Å². The van der Waals surface area contributed by atoms with Crippen molar-refractivity contribution in [2.45, 2.75) is 94.8 Å². The van der Waals surface area contributed by atoms with Gasteiger partial charge in [0.1, 0.15) is 5.65 Å². The largest absolute Gasteiger partial charge is 0.351 e. The van der Waals surface area contributed by atoms with Crippen LogP contribution < -0.4 is 10.6 Å². The summed E-state index contributed by atoms with van der Waals surface area (Å²) in [5.41, 5.74) is 2.75. The fourth-order valence-corrected chi connectivity index (χ4v) is 7.63. The average Bonchev–Trinajstić information content (AvgIpc) is 3.63. The SMILES string of the molecule is c1nc(N[C@H]2CC[C@@H](N3CCN(CC4CC4)CC3)CC2)nc2c1cc1n2C2(CCCCC2)CNC1. The second kappa shape index (κ2) is 9.31. The van der Waals surface area contributed by atoms with Crippen LogP contribution in [0.5, 0.6) is 0 Å². The molecule has 3 saturated carbocycles. The summed E-state index contributed by atoms with van der Waals surface area (Å²) in [6, 6.07) is 3.59. The highest BCUT2D eigenvalue weighted by Crippen LogP contribution is 2.40. The average molecular weight is 478 g/mol. The number of rotatable bonds is 5. The molecule has 1 spiro atoms. The van der Waals surface area contributed by atoms with Gasteiger partial charge in [0.15, 0.2) is 0 Å². The number of fused-ring (bicyclic) bond motifs is 4. The smallest absolute Gasteiger partial charge is 0.224 e. The Labute approximate surface area is 210 Å². The van der Waals surface area contributed by atoms with Crippen LogP contribution in [0, 0.1) is 5.92 Å². The maximum absolute atomic E-state index is 5.14. The van der Waals surface area contributed by atoms with Crippen LogP contribution in [0.4, 0.5) is 5.95 Å². The van der Waals surface area contributed by atoms with E-state index in [-0.39, 0.29) is 5.54 Å². The molecule has 2 aromatic heterocycles. The summed E-state index contributed by atoms with van der Waals surface area (Å²) in [6.07, 6.45) is 16.6. The maximum Gasteiger partial charge on any atom is 0.224 e. The Kier molecular flexibility index (Phi) is 5.98. The van der Waals surface area contributed by atoms with Gasteiger partial charge in [0.2, 0.25) is 5.95 Å². The van der Waals surface area contributed by atoms with Gasteiger partial charge in [-0.25, -0.2) is 4.98 Å². The van der Waals surface area contributed by atoms with Crippen LogP contribution in [0.2, 0.25) is 0 Å². The zero-order chi connectivity index (χ0) is 23.2. The monoisotopic (exact) mass is 477 g/mol. The highest BCUT2D eigenvalue weighted by Gasteiger charge is 2.39. The quantitative estimate of drug-likeness (QED) is 0.680. The van der Waals surface area contributed by atoms with Gasteiger partial charge >= 0.3 is 0 Å². The van der Waals surface area contributed by atoms with Crippen LogP contribution in [-0.4, -0.2) is 75.7 Å². The summed E-state index contributed by atoms with van der Waals surface area (Å²) in [5, 5.41) is 8.64. The lowest BCUT2D eigenvalue weighted by Crippen LogP contribution is -2.52. The Morgan fingerprint density at radius 1 is 0.971 bits per heavy atom. The molecule has 190 valence electrons. The highest BCUT2D eigenvalue weighted by atomic mass is 15.3. The molecule has 0 aromatic carbocycles. The minimum Gasteiger partial charge on any atom is -0.351 e. The Morgan fingerprint density at radius 2 is 1.77 bits per heavy atom. The number of hydrogen-bond acceptors (Lipinski definition) is 6. The van der Waals surface area contributed by atoms with E-state index >= 15 is 0 Å². The van der Waals surface area contributed by atoms with E-state index in [1.807, 2.05) is 0 Å². The molecule has 1 saturated heterocycles. The zero-order valence-corrected chi connectivity index (χ0v) is 21.4. The van der Waals surface area contributed by atoms with E-state index in [0.717, 1.165) is 36.6 Å². The van der Waals surface area contributed by atoms with Crippen LogP contribution in [0.1, 0.15) is 76.3 Å². The van der Waals surface area contributed by atoms with Gasteiger partial charge in [-0.05, 0) is 63.4 Å². The van der Waals surface area contributed by atoms with Crippen molar-refractivity contribution in [1.82, 2.24) is 29.7 Å². The first-order chi connectivity index (χ1) is 17.3. The van der Waals surface area contributed by atoms with Crippen LogP contribution in [0.25, 0.3) is 11.0 Å². The van der Waals surface area contributed by atoms with Crippen molar-refractivity contribution in [2.75, 3.05) is 44.6 Å². The minimum absolute atomic E-state index is 0.208. The molecule has 7 nitrogen and oxygen atoms in total. The minimum atomic E-state index is 0.208. The Bertz CT molecular complexity index is 1020. The lowest BCUT2D eigenvalue weighted by atomic mass is 9.80. The zero-order valence-electron chi connectivity index (χ0n) is 21.4. The predicted octanol–water partition coefficient (Wildman–Crippen LogP) is 3.94. The van der Waals surface area contributed by atoms with Crippen LogP contribution in [-0.2, 0) is 12.1 Å². The third kappa shape index (κ3) is 4.49. The number of piperazine rings is 1. The van der Waals surface area contributed by atoms with Gasteiger partial charge < -0.3 is 20.1 Å². The van der Waals surface area contributed by atoms with E-state index in [9.17, 15) is 0 Å². The summed E-state index contributed by atoms with van der Waals surface area (Å²) in [5.74, 6) is 1.85. The molecular formula is C28H43N7. The van der Waals surface area contributed by atoms with Crippen molar-refractivity contribution in [3.8, 4) is 0 Å². The predicted molar refractivity (Wildman–Crippen MR) is 141 cm³/mol. The summed E-state index contributed by atoms with van der Waals surface area (Å²) < 4.78 is 2.60. The second-order valence-corrected chi connectivity index (χ2v) is 12.3. The fraction of sp³-hybridized carbons (Fsp3) is 0.786. The summed E-state index contributed by atoms with van der Waals surface area (Å²) in [6.45, 7) is 8.48. The molecule has 7 rings (SSSR count). The number of aromatic nitrogens is 3. The van der Waals surface area contributed by atoms with Gasteiger partial charge in [0, 0.05) is 75.2 Å². The molecule has 0 atom stereocenters. The number of hydrogen-bond donors (Lipinski definition) is 2. The Morgan fingerprint density at radius 3 is 2.54 bits per heavy atom. The van der Waals surface area contributed by atoms with Gasteiger partial charge in [-0.15, -0.1) is 0 Å². The van der Waals surface area contributed by atoms with E-state index in [1.165, 1.54) is 114 Å². The van der Waals surface area contributed by atoms with Crippen LogP contribution in [0.15, 0.2) is 12.3 Å².